The molecule has 0 spiro atoms. The Morgan fingerprint density at radius 1 is 1.37 bits per heavy atom. The first-order valence-electron chi connectivity index (χ1n) is 6.29. The molecule has 0 radical (unpaired) electrons. The van der Waals surface area contributed by atoms with Crippen molar-refractivity contribution in [3.63, 3.8) is 0 Å². The first-order chi connectivity index (χ1) is 8.95. The zero-order valence-electron chi connectivity index (χ0n) is 11.3. The van der Waals surface area contributed by atoms with Crippen LogP contribution in [0.25, 0.3) is 0 Å². The topological polar surface area (TPSA) is 78.4 Å². The molecule has 106 valence electrons. The van der Waals surface area contributed by atoms with Crippen LogP contribution in [0, 0.1) is 5.92 Å². The number of nitrogens with one attached hydrogen (secondary N) is 2. The molecule has 5 nitrogen and oxygen atoms in total. The van der Waals surface area contributed by atoms with Gasteiger partial charge in [0.15, 0.2) is 0 Å². The van der Waals surface area contributed by atoms with Crippen LogP contribution in [0.3, 0.4) is 0 Å². The van der Waals surface area contributed by atoms with Crippen molar-refractivity contribution in [2.45, 2.75) is 39.3 Å². The largest absolute Gasteiger partial charge is 0.480 e. The second-order valence-corrected chi connectivity index (χ2v) is 5.63. The van der Waals surface area contributed by atoms with Crippen LogP contribution in [-0.2, 0) is 4.79 Å². The summed E-state index contributed by atoms with van der Waals surface area (Å²) in [6, 6.07) is 2.48. The molecule has 1 aromatic heterocycles. The maximum Gasteiger partial charge on any atom is 0.326 e. The zero-order valence-corrected chi connectivity index (χ0v) is 12.2. The SMILES string of the molecule is CCC(NC(=O)N[C@H](C(=O)O)C(C)C)c1cccs1. The van der Waals surface area contributed by atoms with Crippen LogP contribution in [0.5, 0.6) is 0 Å². The van der Waals surface area contributed by atoms with Crippen molar-refractivity contribution in [1.29, 1.82) is 0 Å². The van der Waals surface area contributed by atoms with Crippen LogP contribution in [0.1, 0.15) is 38.1 Å². The van der Waals surface area contributed by atoms with Gasteiger partial charge in [0, 0.05) is 4.88 Å². The normalized spacial score (nSPS) is 13.9. The molecule has 0 saturated carbocycles. The lowest BCUT2D eigenvalue weighted by atomic mass is 10.1. The standard InChI is InChI=1S/C13H20N2O3S/c1-4-9(10-6-5-7-19-10)14-13(18)15-11(8(2)3)12(16)17/h5-9,11H,4H2,1-3H3,(H,16,17)(H2,14,15,18)/t9?,11-/m0/s1. The molecule has 1 unspecified atom stereocenters. The molecular weight excluding hydrogens is 264 g/mol. The first-order valence-corrected chi connectivity index (χ1v) is 7.16. The monoisotopic (exact) mass is 284 g/mol. The van der Waals surface area contributed by atoms with Crippen molar-refractivity contribution in [3.05, 3.63) is 22.4 Å². The van der Waals surface area contributed by atoms with Gasteiger partial charge in [0.1, 0.15) is 6.04 Å². The summed E-state index contributed by atoms with van der Waals surface area (Å²) in [6.07, 6.45) is 0.757. The summed E-state index contributed by atoms with van der Waals surface area (Å²) in [5.41, 5.74) is 0. The summed E-state index contributed by atoms with van der Waals surface area (Å²) in [4.78, 5) is 23.9. The van der Waals surface area contributed by atoms with Crippen molar-refractivity contribution in [2.24, 2.45) is 5.92 Å². The Balaban J connectivity index is 2.61. The highest BCUT2D eigenvalue weighted by atomic mass is 32.1. The minimum absolute atomic E-state index is 0.0818. The van der Waals surface area contributed by atoms with Gasteiger partial charge in [0.2, 0.25) is 0 Å². The molecule has 2 amide bonds. The number of hydrogen-bond acceptors (Lipinski definition) is 3. The molecule has 2 atom stereocenters. The van der Waals surface area contributed by atoms with E-state index in [1.54, 1.807) is 25.2 Å². The summed E-state index contributed by atoms with van der Waals surface area (Å²) >= 11 is 1.57. The molecule has 1 heterocycles. The van der Waals surface area contributed by atoms with Gasteiger partial charge in [-0.2, -0.15) is 0 Å². The van der Waals surface area contributed by atoms with E-state index >= 15 is 0 Å². The average molecular weight is 284 g/mol. The Kier molecular flexibility index (Phi) is 5.82. The van der Waals surface area contributed by atoms with Gasteiger partial charge in [-0.3, -0.25) is 0 Å². The van der Waals surface area contributed by atoms with Crippen LogP contribution < -0.4 is 10.6 Å². The molecule has 0 aliphatic rings. The summed E-state index contributed by atoms with van der Waals surface area (Å²) in [7, 11) is 0. The minimum Gasteiger partial charge on any atom is -0.480 e. The van der Waals surface area contributed by atoms with Crippen molar-refractivity contribution in [1.82, 2.24) is 10.6 Å². The fourth-order valence-corrected chi connectivity index (χ4v) is 2.58. The van der Waals surface area contributed by atoms with Gasteiger partial charge in [-0.05, 0) is 23.8 Å². The van der Waals surface area contributed by atoms with Crippen molar-refractivity contribution in [2.75, 3.05) is 0 Å². The van der Waals surface area contributed by atoms with Crippen LogP contribution >= 0.6 is 11.3 Å². The predicted octanol–water partition coefficient (Wildman–Crippen LogP) is 2.61. The molecule has 0 aliphatic heterocycles. The van der Waals surface area contributed by atoms with E-state index in [2.05, 4.69) is 10.6 Å². The number of hydrogen-bond donors (Lipinski definition) is 3. The number of carbonyl (C=O) groups is 2. The van der Waals surface area contributed by atoms with Crippen molar-refractivity contribution >= 4 is 23.3 Å². The lowest BCUT2D eigenvalue weighted by Crippen LogP contribution is -2.49. The van der Waals surface area contributed by atoms with Crippen molar-refractivity contribution in [3.8, 4) is 0 Å². The molecule has 1 rings (SSSR count). The van der Waals surface area contributed by atoms with E-state index in [1.807, 2.05) is 24.4 Å². The van der Waals surface area contributed by atoms with Gasteiger partial charge < -0.3 is 15.7 Å². The van der Waals surface area contributed by atoms with E-state index in [4.69, 9.17) is 5.11 Å². The quantitative estimate of drug-likeness (QED) is 0.751. The highest BCUT2D eigenvalue weighted by molar-refractivity contribution is 7.10. The van der Waals surface area contributed by atoms with Gasteiger partial charge in [0.05, 0.1) is 6.04 Å². The second-order valence-electron chi connectivity index (χ2n) is 4.65. The van der Waals surface area contributed by atoms with E-state index in [0.717, 1.165) is 11.3 Å². The number of thiophene rings is 1. The van der Waals surface area contributed by atoms with E-state index < -0.39 is 18.0 Å². The molecule has 0 aromatic carbocycles. The van der Waals surface area contributed by atoms with Gasteiger partial charge in [-0.15, -0.1) is 11.3 Å². The predicted molar refractivity (Wildman–Crippen MR) is 75.3 cm³/mol. The lowest BCUT2D eigenvalue weighted by molar-refractivity contribution is -0.140. The Morgan fingerprint density at radius 3 is 2.47 bits per heavy atom. The van der Waals surface area contributed by atoms with Crippen molar-refractivity contribution < 1.29 is 14.7 Å². The van der Waals surface area contributed by atoms with Gasteiger partial charge >= 0.3 is 12.0 Å². The zero-order chi connectivity index (χ0) is 14.4. The third-order valence-corrected chi connectivity index (χ3v) is 3.81. The van der Waals surface area contributed by atoms with E-state index in [0.29, 0.717) is 0 Å². The maximum atomic E-state index is 11.8. The molecule has 6 heteroatoms. The summed E-state index contributed by atoms with van der Waals surface area (Å²) in [5, 5.41) is 16.3. The second kappa shape index (κ2) is 7.13. The van der Waals surface area contributed by atoms with Crippen LogP contribution in [0.4, 0.5) is 4.79 Å². The Labute approximate surface area is 117 Å². The highest BCUT2D eigenvalue weighted by Gasteiger charge is 2.24. The van der Waals surface area contributed by atoms with Gasteiger partial charge in [-0.25, -0.2) is 9.59 Å². The molecular formula is C13H20N2O3S. The van der Waals surface area contributed by atoms with Gasteiger partial charge in [-0.1, -0.05) is 26.8 Å². The first kappa shape index (κ1) is 15.5. The van der Waals surface area contributed by atoms with Crippen LogP contribution in [0.2, 0.25) is 0 Å². The van der Waals surface area contributed by atoms with E-state index in [-0.39, 0.29) is 12.0 Å². The molecule has 1 aromatic rings. The fraction of sp³-hybridized carbons (Fsp3) is 0.538. The molecule has 0 bridgehead atoms. The summed E-state index contributed by atoms with van der Waals surface area (Å²) < 4.78 is 0. The third kappa shape index (κ3) is 4.55. The lowest BCUT2D eigenvalue weighted by Gasteiger charge is -2.21. The molecule has 0 saturated heterocycles. The molecule has 0 fully saturated rings. The van der Waals surface area contributed by atoms with E-state index in [1.165, 1.54) is 0 Å². The number of carboxylic acids is 1. The maximum absolute atomic E-state index is 11.8. The number of amides is 2. The molecule has 19 heavy (non-hydrogen) atoms. The van der Waals surface area contributed by atoms with E-state index in [9.17, 15) is 9.59 Å². The Bertz CT molecular complexity index is 418. The minimum atomic E-state index is -1.02. The molecule has 3 N–H and O–H groups in total. The number of urea groups is 1. The third-order valence-electron chi connectivity index (χ3n) is 2.82. The summed E-state index contributed by atoms with van der Waals surface area (Å²) in [5.74, 6) is -1.18. The summed E-state index contributed by atoms with van der Waals surface area (Å²) in [6.45, 7) is 5.49. The number of rotatable bonds is 6. The van der Waals surface area contributed by atoms with Gasteiger partial charge in [0.25, 0.3) is 0 Å². The fourth-order valence-electron chi connectivity index (χ4n) is 1.72. The molecule has 0 aliphatic carbocycles. The number of carbonyl (C=O) groups excluding carboxylic acids is 1. The number of aliphatic carboxylic acids is 1. The Hall–Kier alpha value is -1.56. The Morgan fingerprint density at radius 2 is 2.05 bits per heavy atom. The highest BCUT2D eigenvalue weighted by Crippen LogP contribution is 2.21. The number of carboxylic acid groups (broad SMARTS) is 1. The van der Waals surface area contributed by atoms with Crippen LogP contribution in [-0.4, -0.2) is 23.1 Å². The smallest absolute Gasteiger partial charge is 0.326 e. The average Bonchev–Trinajstić information content (AvgIpc) is 2.85. The van der Waals surface area contributed by atoms with Crippen LogP contribution in [0.15, 0.2) is 17.5 Å².